The zero-order valence-electron chi connectivity index (χ0n) is 12.9. The standard InChI is InChI=1S/C14H26N4OS.HI/c1-3-15-13(16-9-12(19)18-11-5-6-11)17-10-14(2)7-4-8-20-14;/h11H,3-10H2,1-2H3,(H,18,19)(H2,15,16,17);1H. The average molecular weight is 426 g/mol. The summed E-state index contributed by atoms with van der Waals surface area (Å²) in [5.74, 6) is 2.01. The van der Waals surface area contributed by atoms with Crippen molar-refractivity contribution in [3.63, 3.8) is 0 Å². The highest BCUT2D eigenvalue weighted by Crippen LogP contribution is 2.36. The molecular weight excluding hydrogens is 399 g/mol. The molecule has 0 aromatic carbocycles. The molecule has 2 aliphatic rings. The van der Waals surface area contributed by atoms with E-state index in [2.05, 4.69) is 27.9 Å². The number of hydrogen-bond acceptors (Lipinski definition) is 3. The lowest BCUT2D eigenvalue weighted by Gasteiger charge is -2.24. The molecule has 1 saturated heterocycles. The average Bonchev–Trinajstić information content (AvgIpc) is 3.12. The van der Waals surface area contributed by atoms with Gasteiger partial charge in [0, 0.05) is 23.9 Å². The quantitative estimate of drug-likeness (QED) is 0.344. The summed E-state index contributed by atoms with van der Waals surface area (Å²) in [6.07, 6.45) is 4.76. The summed E-state index contributed by atoms with van der Waals surface area (Å²) < 4.78 is 0.298. The van der Waals surface area contributed by atoms with Gasteiger partial charge in [-0.05, 0) is 45.3 Å². The molecule has 2 fully saturated rings. The number of thioether (sulfide) groups is 1. The second-order valence-corrected chi connectivity index (χ2v) is 7.47. The number of amides is 1. The van der Waals surface area contributed by atoms with Gasteiger partial charge < -0.3 is 16.0 Å². The predicted molar refractivity (Wildman–Crippen MR) is 101 cm³/mol. The highest BCUT2D eigenvalue weighted by Gasteiger charge is 2.29. The van der Waals surface area contributed by atoms with Crippen molar-refractivity contribution in [3.8, 4) is 0 Å². The van der Waals surface area contributed by atoms with Crippen molar-refractivity contribution in [2.45, 2.75) is 50.3 Å². The van der Waals surface area contributed by atoms with Crippen molar-refractivity contribution in [3.05, 3.63) is 0 Å². The first-order chi connectivity index (χ1) is 9.61. The number of hydrogen-bond donors (Lipinski definition) is 3. The molecule has 1 aliphatic carbocycles. The van der Waals surface area contributed by atoms with Crippen LogP contribution in [-0.2, 0) is 4.79 Å². The smallest absolute Gasteiger partial charge is 0.242 e. The van der Waals surface area contributed by atoms with Crippen molar-refractivity contribution in [1.82, 2.24) is 16.0 Å². The summed E-state index contributed by atoms with van der Waals surface area (Å²) in [4.78, 5) is 16.0. The van der Waals surface area contributed by atoms with Gasteiger partial charge in [0.25, 0.3) is 0 Å². The monoisotopic (exact) mass is 426 g/mol. The van der Waals surface area contributed by atoms with Crippen molar-refractivity contribution >= 4 is 47.6 Å². The molecule has 21 heavy (non-hydrogen) atoms. The van der Waals surface area contributed by atoms with Gasteiger partial charge in [0.05, 0.1) is 0 Å². The van der Waals surface area contributed by atoms with Crippen molar-refractivity contribution in [2.75, 3.05) is 25.4 Å². The van der Waals surface area contributed by atoms with Gasteiger partial charge in [-0.3, -0.25) is 4.79 Å². The fourth-order valence-electron chi connectivity index (χ4n) is 2.24. The van der Waals surface area contributed by atoms with Gasteiger partial charge in [-0.1, -0.05) is 0 Å². The fourth-order valence-corrected chi connectivity index (χ4v) is 3.48. The molecule has 3 N–H and O–H groups in total. The normalized spacial score (nSPS) is 25.1. The molecule has 1 saturated carbocycles. The number of nitrogens with one attached hydrogen (secondary N) is 3. The summed E-state index contributed by atoms with van der Waals surface area (Å²) in [7, 11) is 0. The van der Waals surface area contributed by atoms with Gasteiger partial charge in [0.15, 0.2) is 5.96 Å². The minimum absolute atomic E-state index is 0. The summed E-state index contributed by atoms with van der Waals surface area (Å²) in [5.41, 5.74) is 0. The van der Waals surface area contributed by atoms with Crippen molar-refractivity contribution in [2.24, 2.45) is 4.99 Å². The molecule has 0 spiro atoms. The van der Waals surface area contributed by atoms with Crippen LogP contribution in [0.1, 0.15) is 39.5 Å². The molecule has 5 nitrogen and oxygen atoms in total. The Hall–Kier alpha value is -0.180. The van der Waals surface area contributed by atoms with E-state index in [0.29, 0.717) is 10.8 Å². The van der Waals surface area contributed by atoms with Gasteiger partial charge in [0.2, 0.25) is 5.91 Å². The molecule has 0 aromatic heterocycles. The van der Waals surface area contributed by atoms with Crippen LogP contribution in [0.15, 0.2) is 4.99 Å². The molecule has 1 unspecified atom stereocenters. The Morgan fingerprint density at radius 3 is 2.71 bits per heavy atom. The summed E-state index contributed by atoms with van der Waals surface area (Å²) >= 11 is 2.02. The van der Waals surface area contributed by atoms with Gasteiger partial charge in [0.1, 0.15) is 6.54 Å². The maximum Gasteiger partial charge on any atom is 0.242 e. The third-order valence-electron chi connectivity index (χ3n) is 3.60. The minimum atomic E-state index is 0. The Labute approximate surface area is 148 Å². The lowest BCUT2D eigenvalue weighted by molar-refractivity contribution is -0.119. The zero-order valence-corrected chi connectivity index (χ0v) is 16.1. The van der Waals surface area contributed by atoms with E-state index in [1.807, 2.05) is 18.7 Å². The molecule has 2 rings (SSSR count). The largest absolute Gasteiger partial charge is 0.357 e. The van der Waals surface area contributed by atoms with Crippen LogP contribution >= 0.6 is 35.7 Å². The molecule has 1 aliphatic heterocycles. The van der Waals surface area contributed by atoms with Crippen LogP contribution in [0.25, 0.3) is 0 Å². The van der Waals surface area contributed by atoms with Crippen LogP contribution in [0.3, 0.4) is 0 Å². The first-order valence-electron chi connectivity index (χ1n) is 7.57. The van der Waals surface area contributed by atoms with Crippen molar-refractivity contribution < 1.29 is 4.79 Å². The Morgan fingerprint density at radius 1 is 1.38 bits per heavy atom. The van der Waals surface area contributed by atoms with Gasteiger partial charge in [-0.25, -0.2) is 4.99 Å². The number of guanidine groups is 1. The fraction of sp³-hybridized carbons (Fsp3) is 0.857. The van der Waals surface area contributed by atoms with Gasteiger partial charge in [-0.15, -0.1) is 24.0 Å². The summed E-state index contributed by atoms with van der Waals surface area (Å²) in [6, 6.07) is 0.405. The van der Waals surface area contributed by atoms with Crippen molar-refractivity contribution in [1.29, 1.82) is 0 Å². The van der Waals surface area contributed by atoms with E-state index in [1.165, 1.54) is 18.6 Å². The molecule has 122 valence electrons. The third-order valence-corrected chi connectivity index (χ3v) is 5.14. The second-order valence-electron chi connectivity index (χ2n) is 5.79. The van der Waals surface area contributed by atoms with E-state index in [0.717, 1.165) is 31.9 Å². The van der Waals surface area contributed by atoms with E-state index in [-0.39, 0.29) is 36.4 Å². The molecular formula is C14H27IN4OS. The topological polar surface area (TPSA) is 65.5 Å². The van der Waals surface area contributed by atoms with Crippen LogP contribution < -0.4 is 16.0 Å². The number of halogens is 1. The Kier molecular flexibility index (Phi) is 8.15. The van der Waals surface area contributed by atoms with Gasteiger partial charge in [-0.2, -0.15) is 11.8 Å². The lowest BCUT2D eigenvalue weighted by Crippen LogP contribution is -2.44. The van der Waals surface area contributed by atoms with Crippen LogP contribution in [0, 0.1) is 0 Å². The van der Waals surface area contributed by atoms with E-state index in [9.17, 15) is 4.79 Å². The number of nitrogens with zero attached hydrogens (tertiary/aromatic N) is 1. The predicted octanol–water partition coefficient (Wildman–Crippen LogP) is 1.72. The summed E-state index contributed by atoms with van der Waals surface area (Å²) in [5, 5.41) is 9.51. The number of carbonyl (C=O) groups is 1. The zero-order chi connectivity index (χ0) is 14.4. The third kappa shape index (κ3) is 7.08. The SMILES string of the molecule is CCNC(=NCC(=O)NC1CC1)NCC1(C)CCCS1.I. The van der Waals surface area contributed by atoms with E-state index >= 15 is 0 Å². The minimum Gasteiger partial charge on any atom is -0.357 e. The first kappa shape index (κ1) is 18.9. The maximum absolute atomic E-state index is 11.6. The molecule has 0 radical (unpaired) electrons. The van der Waals surface area contributed by atoms with Crippen LogP contribution in [0.5, 0.6) is 0 Å². The van der Waals surface area contributed by atoms with E-state index < -0.39 is 0 Å². The molecule has 1 heterocycles. The Bertz CT molecular complexity index is 368. The molecule has 0 bridgehead atoms. The number of rotatable bonds is 6. The Morgan fingerprint density at radius 2 is 2.14 bits per heavy atom. The van der Waals surface area contributed by atoms with Crippen LogP contribution in [-0.4, -0.2) is 48.0 Å². The van der Waals surface area contributed by atoms with E-state index in [1.54, 1.807) is 0 Å². The molecule has 7 heteroatoms. The highest BCUT2D eigenvalue weighted by molar-refractivity contribution is 14.0. The summed E-state index contributed by atoms with van der Waals surface area (Å²) in [6.45, 7) is 6.23. The molecule has 0 aromatic rings. The number of aliphatic imine (C=N–C) groups is 1. The number of carbonyl (C=O) groups excluding carboxylic acids is 1. The van der Waals surface area contributed by atoms with Gasteiger partial charge >= 0.3 is 0 Å². The lowest BCUT2D eigenvalue weighted by atomic mass is 10.1. The van der Waals surface area contributed by atoms with E-state index in [4.69, 9.17) is 0 Å². The highest BCUT2D eigenvalue weighted by atomic mass is 127. The first-order valence-corrected chi connectivity index (χ1v) is 8.55. The Balaban J connectivity index is 0.00000220. The van der Waals surface area contributed by atoms with Crippen LogP contribution in [0.2, 0.25) is 0 Å². The second kappa shape index (κ2) is 9.07. The molecule has 1 atom stereocenters. The maximum atomic E-state index is 11.6. The molecule has 1 amide bonds. The van der Waals surface area contributed by atoms with Crippen LogP contribution in [0.4, 0.5) is 0 Å².